The van der Waals surface area contributed by atoms with E-state index in [-0.39, 0.29) is 5.54 Å². The van der Waals surface area contributed by atoms with Crippen LogP contribution in [0.3, 0.4) is 0 Å². The van der Waals surface area contributed by atoms with Crippen LogP contribution in [0.1, 0.15) is 29.6 Å². The summed E-state index contributed by atoms with van der Waals surface area (Å²) < 4.78 is 0. The van der Waals surface area contributed by atoms with Gasteiger partial charge in [-0.1, -0.05) is 18.2 Å². The van der Waals surface area contributed by atoms with E-state index in [0.717, 1.165) is 35.9 Å². The summed E-state index contributed by atoms with van der Waals surface area (Å²) in [5.41, 5.74) is 13.5. The highest BCUT2D eigenvalue weighted by molar-refractivity contribution is 6.06. The van der Waals surface area contributed by atoms with Crippen molar-refractivity contribution in [2.75, 3.05) is 11.9 Å². The quantitative estimate of drug-likeness (QED) is 0.787. The van der Waals surface area contributed by atoms with Crippen LogP contribution in [0.2, 0.25) is 0 Å². The van der Waals surface area contributed by atoms with E-state index in [4.69, 9.17) is 11.5 Å². The Kier molecular flexibility index (Phi) is 3.06. The predicted octanol–water partition coefficient (Wildman–Crippen LogP) is 1.63. The van der Waals surface area contributed by atoms with Gasteiger partial charge in [0.15, 0.2) is 0 Å². The molecule has 0 bridgehead atoms. The van der Waals surface area contributed by atoms with E-state index in [1.165, 1.54) is 6.20 Å². The molecule has 5 heteroatoms. The molecule has 1 aliphatic carbocycles. The van der Waals surface area contributed by atoms with Crippen molar-refractivity contribution in [1.29, 1.82) is 0 Å². The SMILES string of the molecule is NC(=O)c1cnc2ccccc2c1NCC1(N)CCC1. The number of aromatic nitrogens is 1. The molecule has 1 saturated carbocycles. The smallest absolute Gasteiger partial charge is 0.252 e. The molecule has 0 atom stereocenters. The van der Waals surface area contributed by atoms with Crippen molar-refractivity contribution < 1.29 is 4.79 Å². The summed E-state index contributed by atoms with van der Waals surface area (Å²) in [5.74, 6) is -0.481. The van der Waals surface area contributed by atoms with Crippen LogP contribution in [0.15, 0.2) is 30.5 Å². The topological polar surface area (TPSA) is 94.0 Å². The number of para-hydroxylation sites is 1. The first kappa shape index (κ1) is 12.9. The Hall–Kier alpha value is -2.14. The van der Waals surface area contributed by atoms with Crippen molar-refractivity contribution in [1.82, 2.24) is 4.98 Å². The molecular formula is C15H18N4O. The normalized spacial score (nSPS) is 16.6. The second-order valence-corrected chi connectivity index (χ2v) is 5.50. The number of hydrogen-bond donors (Lipinski definition) is 3. The molecule has 0 radical (unpaired) electrons. The first-order valence-corrected chi connectivity index (χ1v) is 6.79. The fourth-order valence-corrected chi connectivity index (χ4v) is 2.59. The Labute approximate surface area is 117 Å². The monoisotopic (exact) mass is 270 g/mol. The molecule has 1 heterocycles. The van der Waals surface area contributed by atoms with Gasteiger partial charge >= 0.3 is 0 Å². The minimum absolute atomic E-state index is 0.167. The number of rotatable bonds is 4. The number of anilines is 1. The summed E-state index contributed by atoms with van der Waals surface area (Å²) in [6.07, 6.45) is 4.71. The highest BCUT2D eigenvalue weighted by Gasteiger charge is 2.32. The first-order chi connectivity index (χ1) is 9.59. The van der Waals surface area contributed by atoms with E-state index in [0.29, 0.717) is 12.1 Å². The maximum Gasteiger partial charge on any atom is 0.252 e. The molecule has 5 nitrogen and oxygen atoms in total. The van der Waals surface area contributed by atoms with Gasteiger partial charge in [-0.3, -0.25) is 9.78 Å². The van der Waals surface area contributed by atoms with Crippen LogP contribution in [-0.2, 0) is 0 Å². The number of nitrogens with one attached hydrogen (secondary N) is 1. The van der Waals surface area contributed by atoms with Crippen molar-refractivity contribution in [3.05, 3.63) is 36.0 Å². The van der Waals surface area contributed by atoms with Gasteiger partial charge in [-0.25, -0.2) is 0 Å². The van der Waals surface area contributed by atoms with Gasteiger partial charge in [-0.05, 0) is 25.3 Å². The van der Waals surface area contributed by atoms with Crippen molar-refractivity contribution >= 4 is 22.5 Å². The number of nitrogens with zero attached hydrogens (tertiary/aromatic N) is 1. The van der Waals surface area contributed by atoms with Gasteiger partial charge in [0.05, 0.1) is 16.8 Å². The highest BCUT2D eigenvalue weighted by atomic mass is 16.1. The van der Waals surface area contributed by atoms with E-state index in [1.807, 2.05) is 24.3 Å². The second kappa shape index (κ2) is 4.76. The zero-order chi connectivity index (χ0) is 14.2. The number of pyridine rings is 1. The Balaban J connectivity index is 2.00. The summed E-state index contributed by atoms with van der Waals surface area (Å²) in [6, 6.07) is 7.68. The molecule has 1 aromatic heterocycles. The number of primary amides is 1. The molecule has 0 saturated heterocycles. The average Bonchev–Trinajstić information content (AvgIpc) is 2.42. The van der Waals surface area contributed by atoms with Crippen molar-refractivity contribution in [3.8, 4) is 0 Å². The van der Waals surface area contributed by atoms with Crippen molar-refractivity contribution in [3.63, 3.8) is 0 Å². The summed E-state index contributed by atoms with van der Waals surface area (Å²) in [7, 11) is 0. The first-order valence-electron chi connectivity index (χ1n) is 6.79. The molecule has 5 N–H and O–H groups in total. The molecule has 1 aliphatic rings. The summed E-state index contributed by atoms with van der Waals surface area (Å²) in [5, 5.41) is 4.21. The molecule has 3 rings (SSSR count). The third kappa shape index (κ3) is 2.20. The largest absolute Gasteiger partial charge is 0.382 e. The number of benzene rings is 1. The molecule has 0 unspecified atom stereocenters. The maximum atomic E-state index is 11.6. The summed E-state index contributed by atoms with van der Waals surface area (Å²) in [6.45, 7) is 0.640. The minimum Gasteiger partial charge on any atom is -0.382 e. The van der Waals surface area contributed by atoms with E-state index >= 15 is 0 Å². The van der Waals surface area contributed by atoms with Crippen LogP contribution < -0.4 is 16.8 Å². The number of amides is 1. The molecule has 2 aromatic rings. The zero-order valence-corrected chi connectivity index (χ0v) is 11.2. The number of nitrogens with two attached hydrogens (primary N) is 2. The lowest BCUT2D eigenvalue weighted by molar-refractivity contribution is 0.100. The molecule has 0 spiro atoms. The fourth-order valence-electron chi connectivity index (χ4n) is 2.59. The number of fused-ring (bicyclic) bond motifs is 1. The van der Waals surface area contributed by atoms with Crippen LogP contribution in [0, 0.1) is 0 Å². The lowest BCUT2D eigenvalue weighted by Gasteiger charge is -2.38. The van der Waals surface area contributed by atoms with Gasteiger partial charge in [0, 0.05) is 23.7 Å². The van der Waals surface area contributed by atoms with Gasteiger partial charge in [0.2, 0.25) is 0 Å². The van der Waals surface area contributed by atoms with Crippen LogP contribution in [-0.4, -0.2) is 23.0 Å². The van der Waals surface area contributed by atoms with Gasteiger partial charge in [0.1, 0.15) is 0 Å². The average molecular weight is 270 g/mol. The zero-order valence-electron chi connectivity index (χ0n) is 11.2. The fraction of sp³-hybridized carbons (Fsp3) is 0.333. The van der Waals surface area contributed by atoms with E-state index in [2.05, 4.69) is 10.3 Å². The third-order valence-corrected chi connectivity index (χ3v) is 4.01. The van der Waals surface area contributed by atoms with Crippen LogP contribution in [0.4, 0.5) is 5.69 Å². The summed E-state index contributed by atoms with van der Waals surface area (Å²) in [4.78, 5) is 15.9. The second-order valence-electron chi connectivity index (χ2n) is 5.50. The van der Waals surface area contributed by atoms with Crippen LogP contribution >= 0.6 is 0 Å². The molecule has 1 fully saturated rings. The predicted molar refractivity (Wildman–Crippen MR) is 79.5 cm³/mol. The van der Waals surface area contributed by atoms with E-state index < -0.39 is 5.91 Å². The lowest BCUT2D eigenvalue weighted by atomic mass is 9.77. The molecule has 1 amide bonds. The van der Waals surface area contributed by atoms with Crippen molar-refractivity contribution in [2.45, 2.75) is 24.8 Å². The standard InChI is InChI=1S/C15H18N4O/c16-14(20)11-8-18-12-5-2-1-4-10(12)13(11)19-9-15(17)6-3-7-15/h1-2,4-5,8H,3,6-7,9,17H2,(H2,16,20)(H,18,19). The van der Waals surface area contributed by atoms with Crippen LogP contribution in [0.5, 0.6) is 0 Å². The van der Waals surface area contributed by atoms with Gasteiger partial charge < -0.3 is 16.8 Å². The highest BCUT2D eigenvalue weighted by Crippen LogP contribution is 2.31. The van der Waals surface area contributed by atoms with Crippen LogP contribution in [0.25, 0.3) is 10.9 Å². The molecule has 0 aliphatic heterocycles. The van der Waals surface area contributed by atoms with E-state index in [9.17, 15) is 4.79 Å². The number of carbonyl (C=O) groups is 1. The van der Waals surface area contributed by atoms with Crippen molar-refractivity contribution in [2.24, 2.45) is 11.5 Å². The Bertz CT molecular complexity index is 664. The number of hydrogen-bond acceptors (Lipinski definition) is 4. The molecule has 104 valence electrons. The minimum atomic E-state index is -0.481. The molecular weight excluding hydrogens is 252 g/mol. The molecule has 20 heavy (non-hydrogen) atoms. The lowest BCUT2D eigenvalue weighted by Crippen LogP contribution is -2.52. The van der Waals surface area contributed by atoms with E-state index in [1.54, 1.807) is 0 Å². The molecule has 1 aromatic carbocycles. The maximum absolute atomic E-state index is 11.6. The summed E-state index contributed by atoms with van der Waals surface area (Å²) >= 11 is 0. The van der Waals surface area contributed by atoms with Gasteiger partial charge in [0.25, 0.3) is 5.91 Å². The van der Waals surface area contributed by atoms with Gasteiger partial charge in [-0.2, -0.15) is 0 Å². The number of carbonyl (C=O) groups excluding carboxylic acids is 1. The van der Waals surface area contributed by atoms with Gasteiger partial charge in [-0.15, -0.1) is 0 Å². The Morgan fingerprint density at radius 3 is 2.75 bits per heavy atom. The third-order valence-electron chi connectivity index (χ3n) is 4.01. The Morgan fingerprint density at radius 1 is 1.35 bits per heavy atom. The Morgan fingerprint density at radius 2 is 2.10 bits per heavy atom.